The van der Waals surface area contributed by atoms with Gasteiger partial charge in [-0.25, -0.2) is 9.18 Å². The molecule has 3 N–H and O–H groups in total. The van der Waals surface area contributed by atoms with E-state index in [4.69, 9.17) is 0 Å². The Balaban J connectivity index is 2.15. The van der Waals surface area contributed by atoms with Crippen LogP contribution in [0.5, 0.6) is 0 Å². The lowest BCUT2D eigenvalue weighted by molar-refractivity contribution is -0.144. The number of carbonyl (C=O) groups is 4. The number of aliphatic carboxylic acids is 1. The molecule has 146 valence electrons. The molecule has 1 aliphatic rings. The highest BCUT2D eigenvalue weighted by molar-refractivity contribution is 5.90. The number of benzene rings is 1. The summed E-state index contributed by atoms with van der Waals surface area (Å²) in [6, 6.07) is 3.48. The third-order valence-electron chi connectivity index (χ3n) is 4.63. The number of Topliss-reactive ketones (excluding diaryl/α,β-unsaturated/α-hetero) is 1. The molecule has 0 unspecified atom stereocenters. The summed E-state index contributed by atoms with van der Waals surface area (Å²) in [6.45, 7) is 1.22. The summed E-state index contributed by atoms with van der Waals surface area (Å²) in [5.74, 6) is -3.51. The Labute approximate surface area is 156 Å². The second-order valence-electron chi connectivity index (χ2n) is 6.77. The molecule has 1 aromatic rings. The maximum atomic E-state index is 13.9. The van der Waals surface area contributed by atoms with Crippen molar-refractivity contribution in [2.75, 3.05) is 0 Å². The second kappa shape index (κ2) is 9.25. The van der Waals surface area contributed by atoms with Crippen LogP contribution in [0.3, 0.4) is 0 Å². The molecular formula is C19H23FN2O5. The van der Waals surface area contributed by atoms with Crippen molar-refractivity contribution in [3.05, 3.63) is 35.6 Å². The Bertz CT molecular complexity index is 737. The van der Waals surface area contributed by atoms with E-state index in [-0.39, 0.29) is 24.2 Å². The molecular weight excluding hydrogens is 355 g/mol. The highest BCUT2D eigenvalue weighted by Gasteiger charge is 2.35. The van der Waals surface area contributed by atoms with Crippen molar-refractivity contribution in [3.63, 3.8) is 0 Å². The zero-order chi connectivity index (χ0) is 20.0. The van der Waals surface area contributed by atoms with Gasteiger partial charge in [0.1, 0.15) is 23.7 Å². The molecule has 0 aromatic heterocycles. The van der Waals surface area contributed by atoms with Gasteiger partial charge < -0.3 is 15.7 Å². The van der Waals surface area contributed by atoms with E-state index in [0.29, 0.717) is 19.3 Å². The number of carboxylic acids is 1. The van der Waals surface area contributed by atoms with Gasteiger partial charge in [-0.3, -0.25) is 14.4 Å². The SMILES string of the molecule is CC(=O)N[C@H](Cc1ccccc1F)C(=O)N[C@H](C(=O)O)[C@@H]1CCCC(=O)C1. The minimum Gasteiger partial charge on any atom is -0.480 e. The molecule has 1 aromatic carbocycles. The molecule has 0 saturated heterocycles. The zero-order valence-corrected chi connectivity index (χ0v) is 15.0. The zero-order valence-electron chi connectivity index (χ0n) is 15.0. The largest absolute Gasteiger partial charge is 0.480 e. The van der Waals surface area contributed by atoms with Gasteiger partial charge in [-0.05, 0) is 30.4 Å². The number of hydrogen-bond donors (Lipinski definition) is 3. The fraction of sp³-hybridized carbons (Fsp3) is 0.474. The van der Waals surface area contributed by atoms with E-state index < -0.39 is 41.6 Å². The topological polar surface area (TPSA) is 113 Å². The van der Waals surface area contributed by atoms with Crippen LogP contribution in [0, 0.1) is 11.7 Å². The van der Waals surface area contributed by atoms with Crippen molar-refractivity contribution < 1.29 is 28.7 Å². The Morgan fingerprint density at radius 1 is 1.26 bits per heavy atom. The quantitative estimate of drug-likeness (QED) is 0.660. The monoisotopic (exact) mass is 378 g/mol. The van der Waals surface area contributed by atoms with E-state index in [0.717, 1.165) is 0 Å². The predicted octanol–water partition coefficient (Wildman–Crippen LogP) is 1.20. The Hall–Kier alpha value is -2.77. The van der Waals surface area contributed by atoms with E-state index in [2.05, 4.69) is 10.6 Å². The van der Waals surface area contributed by atoms with Crippen LogP contribution in [0.15, 0.2) is 24.3 Å². The third-order valence-corrected chi connectivity index (χ3v) is 4.63. The molecule has 0 spiro atoms. The van der Waals surface area contributed by atoms with Crippen molar-refractivity contribution >= 4 is 23.6 Å². The molecule has 7 nitrogen and oxygen atoms in total. The molecule has 2 amide bonds. The fourth-order valence-electron chi connectivity index (χ4n) is 3.32. The van der Waals surface area contributed by atoms with Crippen molar-refractivity contribution in [1.82, 2.24) is 10.6 Å². The van der Waals surface area contributed by atoms with E-state index in [1.165, 1.54) is 25.1 Å². The molecule has 8 heteroatoms. The Morgan fingerprint density at radius 3 is 2.56 bits per heavy atom. The summed E-state index contributed by atoms with van der Waals surface area (Å²) in [5, 5.41) is 14.3. The Morgan fingerprint density at radius 2 is 1.96 bits per heavy atom. The number of carbonyl (C=O) groups excluding carboxylic acids is 3. The molecule has 0 bridgehead atoms. The van der Waals surface area contributed by atoms with E-state index in [1.54, 1.807) is 6.07 Å². The van der Waals surface area contributed by atoms with Gasteiger partial charge in [0.15, 0.2) is 0 Å². The normalized spacial score (nSPS) is 19.0. The van der Waals surface area contributed by atoms with Crippen LogP contribution in [0.2, 0.25) is 0 Å². The van der Waals surface area contributed by atoms with Crippen molar-refractivity contribution in [3.8, 4) is 0 Å². The van der Waals surface area contributed by atoms with Gasteiger partial charge in [-0.1, -0.05) is 18.2 Å². The minimum absolute atomic E-state index is 0.0310. The standard InChI is InChI=1S/C19H23FN2O5/c1-11(23)21-16(10-12-5-2-3-8-15(12)20)18(25)22-17(19(26)27)13-6-4-7-14(24)9-13/h2-3,5,8,13,16-17H,4,6-7,9-10H2,1H3,(H,21,23)(H,22,25)(H,26,27)/t13-,16-,17+/m1/s1. The summed E-state index contributed by atoms with van der Waals surface area (Å²) in [7, 11) is 0. The first-order chi connectivity index (χ1) is 12.8. The van der Waals surface area contributed by atoms with Crippen LogP contribution in [-0.4, -0.2) is 40.8 Å². The molecule has 1 aliphatic carbocycles. The number of carboxylic acid groups (broad SMARTS) is 1. The molecule has 0 radical (unpaired) electrons. The summed E-state index contributed by atoms with van der Waals surface area (Å²) in [6.07, 6.45) is 1.48. The Kier molecular flexibility index (Phi) is 7.04. The number of hydrogen-bond acceptors (Lipinski definition) is 4. The lowest BCUT2D eigenvalue weighted by atomic mass is 9.83. The summed E-state index contributed by atoms with van der Waals surface area (Å²) >= 11 is 0. The number of halogens is 1. The van der Waals surface area contributed by atoms with Crippen molar-refractivity contribution in [1.29, 1.82) is 0 Å². The molecule has 27 heavy (non-hydrogen) atoms. The minimum atomic E-state index is -1.24. The van der Waals surface area contributed by atoms with Crippen LogP contribution in [0.25, 0.3) is 0 Å². The average Bonchev–Trinajstić information content (AvgIpc) is 2.60. The molecule has 3 atom stereocenters. The predicted molar refractivity (Wildman–Crippen MR) is 94.2 cm³/mol. The van der Waals surface area contributed by atoms with Gasteiger partial charge in [0.2, 0.25) is 11.8 Å². The second-order valence-corrected chi connectivity index (χ2v) is 6.77. The first-order valence-corrected chi connectivity index (χ1v) is 8.83. The third kappa shape index (κ3) is 5.87. The van der Waals surface area contributed by atoms with Crippen molar-refractivity contribution in [2.24, 2.45) is 5.92 Å². The lowest BCUT2D eigenvalue weighted by Crippen LogP contribution is -2.54. The van der Waals surface area contributed by atoms with Gasteiger partial charge in [0.05, 0.1) is 0 Å². The molecule has 0 aliphatic heterocycles. The first-order valence-electron chi connectivity index (χ1n) is 8.83. The fourth-order valence-corrected chi connectivity index (χ4v) is 3.32. The summed E-state index contributed by atoms with van der Waals surface area (Å²) in [5.41, 5.74) is 0.228. The van der Waals surface area contributed by atoms with Crippen LogP contribution in [0.4, 0.5) is 4.39 Å². The van der Waals surface area contributed by atoms with Gasteiger partial charge >= 0.3 is 5.97 Å². The molecule has 1 saturated carbocycles. The number of rotatable bonds is 7. The number of amides is 2. The van der Waals surface area contributed by atoms with E-state index >= 15 is 0 Å². The highest BCUT2D eigenvalue weighted by Crippen LogP contribution is 2.24. The molecule has 2 rings (SSSR count). The van der Waals surface area contributed by atoms with E-state index in [1.807, 2.05) is 0 Å². The van der Waals surface area contributed by atoms with Crippen LogP contribution in [0.1, 0.15) is 38.2 Å². The van der Waals surface area contributed by atoms with Crippen LogP contribution in [-0.2, 0) is 25.6 Å². The van der Waals surface area contributed by atoms with E-state index in [9.17, 15) is 28.7 Å². The maximum Gasteiger partial charge on any atom is 0.326 e. The molecule has 1 fully saturated rings. The lowest BCUT2D eigenvalue weighted by Gasteiger charge is -2.29. The van der Waals surface area contributed by atoms with Gasteiger partial charge in [-0.15, -0.1) is 0 Å². The van der Waals surface area contributed by atoms with Crippen molar-refractivity contribution in [2.45, 2.75) is 51.1 Å². The summed E-state index contributed by atoms with van der Waals surface area (Å²) < 4.78 is 13.9. The average molecular weight is 378 g/mol. The van der Waals surface area contributed by atoms with Gasteiger partial charge in [0.25, 0.3) is 0 Å². The number of ketones is 1. The highest BCUT2D eigenvalue weighted by atomic mass is 19.1. The van der Waals surface area contributed by atoms with Gasteiger partial charge in [0, 0.05) is 26.2 Å². The molecule has 0 heterocycles. The number of nitrogens with one attached hydrogen (secondary N) is 2. The first kappa shape index (κ1) is 20.5. The maximum absolute atomic E-state index is 13.9. The smallest absolute Gasteiger partial charge is 0.326 e. The van der Waals surface area contributed by atoms with Gasteiger partial charge in [-0.2, -0.15) is 0 Å². The summed E-state index contributed by atoms with van der Waals surface area (Å²) in [4.78, 5) is 47.4. The van der Waals surface area contributed by atoms with Crippen LogP contribution >= 0.6 is 0 Å². The van der Waals surface area contributed by atoms with Crippen LogP contribution < -0.4 is 10.6 Å².